The summed E-state index contributed by atoms with van der Waals surface area (Å²) in [6.45, 7) is 0.445. The Morgan fingerprint density at radius 2 is 2.50 bits per heavy atom. The maximum atomic E-state index is 5.73. The number of imidazole rings is 1. The van der Waals surface area contributed by atoms with Crippen LogP contribution in [0, 0.1) is 0 Å². The van der Waals surface area contributed by atoms with Crippen LogP contribution in [0.3, 0.4) is 0 Å². The Morgan fingerprint density at radius 3 is 3.25 bits per heavy atom. The smallest absolute Gasteiger partial charge is 0.262 e. The summed E-state index contributed by atoms with van der Waals surface area (Å²) in [7, 11) is 0. The average molecular weight is 252 g/mol. The largest absolute Gasteiger partial charge is 0.440 e. The molecule has 0 aliphatic rings. The average Bonchev–Trinajstić information content (AvgIpc) is 2.93. The van der Waals surface area contributed by atoms with Gasteiger partial charge in [0, 0.05) is 18.1 Å². The summed E-state index contributed by atoms with van der Waals surface area (Å²) in [5.74, 6) is 0. The van der Waals surface area contributed by atoms with Crippen molar-refractivity contribution in [2.24, 2.45) is 5.73 Å². The van der Waals surface area contributed by atoms with Crippen LogP contribution in [0.2, 0.25) is 0 Å². The topological polar surface area (TPSA) is 69.3 Å². The van der Waals surface area contributed by atoms with Crippen LogP contribution in [0.5, 0.6) is 0 Å². The molecule has 3 aromatic rings. The van der Waals surface area contributed by atoms with Crippen LogP contribution < -0.4 is 5.73 Å². The van der Waals surface area contributed by atoms with Gasteiger partial charge in [-0.2, -0.15) is 0 Å². The van der Waals surface area contributed by atoms with E-state index in [0.717, 1.165) is 15.7 Å². The van der Waals surface area contributed by atoms with Crippen LogP contribution in [0.4, 0.5) is 0 Å². The zero-order valence-corrected chi connectivity index (χ0v) is 9.79. The van der Waals surface area contributed by atoms with Crippen LogP contribution in [-0.2, 0) is 6.54 Å². The Kier molecular flexibility index (Phi) is 2.43. The Morgan fingerprint density at radius 1 is 1.56 bits per heavy atom. The maximum absolute atomic E-state index is 5.73. The van der Waals surface area contributed by atoms with E-state index in [1.165, 1.54) is 11.8 Å². The maximum Gasteiger partial charge on any atom is 0.262 e. The molecule has 0 amide bonds. The molecule has 0 aromatic carbocycles. The SMILES string of the molecule is NCc1c(Sc2ncco2)nc2sccn12. The normalized spacial score (nSPS) is 11.3. The number of hydrogen-bond acceptors (Lipinski definition) is 6. The third-order valence-electron chi connectivity index (χ3n) is 2.11. The Balaban J connectivity index is 2.05. The van der Waals surface area contributed by atoms with Crippen LogP contribution in [0.25, 0.3) is 4.96 Å². The third-order valence-corrected chi connectivity index (χ3v) is 3.76. The van der Waals surface area contributed by atoms with Gasteiger partial charge in [0.2, 0.25) is 0 Å². The van der Waals surface area contributed by atoms with Crippen molar-refractivity contribution in [2.75, 3.05) is 0 Å². The minimum Gasteiger partial charge on any atom is -0.440 e. The van der Waals surface area contributed by atoms with E-state index in [0.29, 0.717) is 11.8 Å². The quantitative estimate of drug-likeness (QED) is 0.772. The molecule has 82 valence electrons. The van der Waals surface area contributed by atoms with Crippen molar-refractivity contribution in [1.82, 2.24) is 14.4 Å². The van der Waals surface area contributed by atoms with E-state index >= 15 is 0 Å². The number of hydrogen-bond donors (Lipinski definition) is 1. The van der Waals surface area contributed by atoms with E-state index < -0.39 is 0 Å². The first-order valence-electron chi connectivity index (χ1n) is 4.60. The minimum absolute atomic E-state index is 0.445. The van der Waals surface area contributed by atoms with Crippen molar-refractivity contribution in [1.29, 1.82) is 0 Å². The Hall–Kier alpha value is -1.31. The summed E-state index contributed by atoms with van der Waals surface area (Å²) >= 11 is 2.98. The Bertz CT molecular complexity index is 598. The summed E-state index contributed by atoms with van der Waals surface area (Å²) in [5, 5.41) is 3.43. The first-order chi connectivity index (χ1) is 7.88. The number of nitrogens with two attached hydrogens (primary N) is 1. The number of thiazole rings is 1. The van der Waals surface area contributed by atoms with Gasteiger partial charge in [-0.3, -0.25) is 4.40 Å². The van der Waals surface area contributed by atoms with Gasteiger partial charge < -0.3 is 10.2 Å². The van der Waals surface area contributed by atoms with Crippen LogP contribution >= 0.6 is 23.1 Å². The first kappa shape index (κ1) is 9.88. The van der Waals surface area contributed by atoms with E-state index in [1.807, 2.05) is 16.0 Å². The molecular weight excluding hydrogens is 244 g/mol. The minimum atomic E-state index is 0.445. The molecule has 3 heterocycles. The lowest BCUT2D eigenvalue weighted by molar-refractivity contribution is 0.454. The lowest BCUT2D eigenvalue weighted by atomic mass is 10.5. The van der Waals surface area contributed by atoms with E-state index in [-0.39, 0.29) is 0 Å². The van der Waals surface area contributed by atoms with Crippen LogP contribution in [0.1, 0.15) is 5.69 Å². The van der Waals surface area contributed by atoms with Crippen LogP contribution in [-0.4, -0.2) is 14.4 Å². The number of oxazole rings is 1. The second-order valence-electron chi connectivity index (χ2n) is 3.02. The summed E-state index contributed by atoms with van der Waals surface area (Å²) in [6.07, 6.45) is 5.13. The lowest BCUT2D eigenvalue weighted by Gasteiger charge is -1.97. The van der Waals surface area contributed by atoms with Gasteiger partial charge in [0.05, 0.1) is 11.9 Å². The highest BCUT2D eigenvalue weighted by atomic mass is 32.2. The number of aromatic nitrogens is 3. The van der Waals surface area contributed by atoms with E-state index in [4.69, 9.17) is 10.2 Å². The second-order valence-corrected chi connectivity index (χ2v) is 4.84. The fourth-order valence-electron chi connectivity index (χ4n) is 1.42. The number of rotatable bonds is 3. The van der Waals surface area contributed by atoms with Crippen molar-refractivity contribution in [3.8, 4) is 0 Å². The molecule has 7 heteroatoms. The van der Waals surface area contributed by atoms with Crippen molar-refractivity contribution >= 4 is 28.1 Å². The highest BCUT2D eigenvalue weighted by molar-refractivity contribution is 7.99. The molecular formula is C9H8N4OS2. The second kappa shape index (κ2) is 3.93. The molecule has 0 fully saturated rings. The van der Waals surface area contributed by atoms with Gasteiger partial charge in [-0.15, -0.1) is 11.3 Å². The van der Waals surface area contributed by atoms with Gasteiger partial charge in [-0.25, -0.2) is 9.97 Å². The lowest BCUT2D eigenvalue weighted by Crippen LogP contribution is -2.00. The molecule has 5 nitrogen and oxygen atoms in total. The standard InChI is InChI=1S/C9H8N4OS2/c10-5-6-7(16-9-11-1-3-14-9)12-8-13(6)2-4-15-8/h1-4H,5,10H2. The van der Waals surface area contributed by atoms with Crippen molar-refractivity contribution in [2.45, 2.75) is 16.8 Å². The van der Waals surface area contributed by atoms with Gasteiger partial charge >= 0.3 is 0 Å². The fraction of sp³-hybridized carbons (Fsp3) is 0.111. The van der Waals surface area contributed by atoms with E-state index in [9.17, 15) is 0 Å². The van der Waals surface area contributed by atoms with Gasteiger partial charge in [0.15, 0.2) is 4.96 Å². The molecule has 16 heavy (non-hydrogen) atoms. The fourth-order valence-corrected chi connectivity index (χ4v) is 3.03. The van der Waals surface area contributed by atoms with Crippen molar-refractivity contribution in [3.63, 3.8) is 0 Å². The predicted molar refractivity (Wildman–Crippen MR) is 61.6 cm³/mol. The molecule has 0 spiro atoms. The number of fused-ring (bicyclic) bond motifs is 1. The van der Waals surface area contributed by atoms with Crippen molar-refractivity contribution < 1.29 is 4.42 Å². The molecule has 0 radical (unpaired) electrons. The molecule has 0 saturated heterocycles. The zero-order valence-electron chi connectivity index (χ0n) is 8.16. The molecule has 0 aliphatic heterocycles. The van der Waals surface area contributed by atoms with Gasteiger partial charge in [0.1, 0.15) is 11.3 Å². The van der Waals surface area contributed by atoms with E-state index in [2.05, 4.69) is 9.97 Å². The highest BCUT2D eigenvalue weighted by Crippen LogP contribution is 2.30. The highest BCUT2D eigenvalue weighted by Gasteiger charge is 2.14. The molecule has 3 aromatic heterocycles. The molecule has 0 unspecified atom stereocenters. The molecule has 0 atom stereocenters. The van der Waals surface area contributed by atoms with E-state index in [1.54, 1.807) is 23.8 Å². The molecule has 3 rings (SSSR count). The monoisotopic (exact) mass is 252 g/mol. The molecule has 0 saturated carbocycles. The summed E-state index contributed by atoms with van der Waals surface area (Å²) in [5.41, 5.74) is 6.71. The van der Waals surface area contributed by atoms with Crippen LogP contribution in [0.15, 0.2) is 38.7 Å². The van der Waals surface area contributed by atoms with Gasteiger partial charge in [-0.05, 0) is 11.8 Å². The third kappa shape index (κ3) is 1.53. The summed E-state index contributed by atoms with van der Waals surface area (Å²) in [6, 6.07) is 0. The molecule has 0 bridgehead atoms. The molecule has 2 N–H and O–H groups in total. The van der Waals surface area contributed by atoms with Crippen molar-refractivity contribution in [3.05, 3.63) is 29.7 Å². The summed E-state index contributed by atoms with van der Waals surface area (Å²) < 4.78 is 7.17. The van der Waals surface area contributed by atoms with Gasteiger partial charge in [-0.1, -0.05) is 0 Å². The number of nitrogens with zero attached hydrogens (tertiary/aromatic N) is 3. The Labute approximate surface area is 99.3 Å². The first-order valence-corrected chi connectivity index (χ1v) is 6.30. The predicted octanol–water partition coefficient (Wildman–Crippen LogP) is 1.99. The molecule has 0 aliphatic carbocycles. The van der Waals surface area contributed by atoms with Gasteiger partial charge in [0.25, 0.3) is 5.22 Å². The summed E-state index contributed by atoms with van der Waals surface area (Å²) in [4.78, 5) is 9.47. The zero-order chi connectivity index (χ0) is 11.0.